The highest BCUT2D eigenvalue weighted by Crippen LogP contribution is 2.34. The van der Waals surface area contributed by atoms with Crippen molar-refractivity contribution in [2.45, 2.75) is 44.7 Å². The van der Waals surface area contributed by atoms with Gasteiger partial charge in [-0.25, -0.2) is 14.4 Å². The van der Waals surface area contributed by atoms with Gasteiger partial charge in [-0.1, -0.05) is 23.7 Å². The number of benzene rings is 3. The maximum atomic E-state index is 13.7. The summed E-state index contributed by atoms with van der Waals surface area (Å²) in [7, 11) is 1.50. The Balaban J connectivity index is 0.830. The fourth-order valence-corrected chi connectivity index (χ4v) is 7.54. The number of fused-ring (bicyclic) bond motifs is 2. The smallest absolute Gasteiger partial charge is 0.255 e. The van der Waals surface area contributed by atoms with Gasteiger partial charge in [-0.15, -0.1) is 0 Å². The highest BCUT2D eigenvalue weighted by atomic mass is 35.5. The highest BCUT2D eigenvalue weighted by Gasteiger charge is 2.39. The van der Waals surface area contributed by atoms with Crippen molar-refractivity contribution in [2.75, 3.05) is 62.3 Å². The maximum absolute atomic E-state index is 13.7. The number of unbranched alkanes of at least 4 members (excludes halogenated alkanes) is 1. The lowest BCUT2D eigenvalue weighted by Gasteiger charge is -2.34. The predicted molar refractivity (Wildman–Crippen MR) is 216 cm³/mol. The van der Waals surface area contributed by atoms with Crippen molar-refractivity contribution in [3.05, 3.63) is 89.0 Å². The summed E-state index contributed by atoms with van der Waals surface area (Å²) in [5.74, 6) is -0.896. The van der Waals surface area contributed by atoms with Crippen LogP contribution >= 0.6 is 11.6 Å². The van der Waals surface area contributed by atoms with Crippen LogP contribution in [0.15, 0.2) is 67.0 Å². The second kappa shape index (κ2) is 18.0. The van der Waals surface area contributed by atoms with Crippen molar-refractivity contribution in [1.82, 2.24) is 30.0 Å². The van der Waals surface area contributed by atoms with Gasteiger partial charge in [-0.3, -0.25) is 34.2 Å². The molecule has 4 heterocycles. The van der Waals surface area contributed by atoms with Crippen molar-refractivity contribution in [2.24, 2.45) is 0 Å². The topological polar surface area (TPSA) is 178 Å². The van der Waals surface area contributed by atoms with Crippen LogP contribution in [0, 0.1) is 5.82 Å². The summed E-state index contributed by atoms with van der Waals surface area (Å²) in [6.45, 7) is 4.02. The molecule has 15 nitrogen and oxygen atoms in total. The molecule has 1 unspecified atom stereocenters. The molecule has 17 heteroatoms. The summed E-state index contributed by atoms with van der Waals surface area (Å²) in [5.41, 5.74) is 3.74. The number of carbonyl (C=O) groups is 5. The number of amides is 5. The van der Waals surface area contributed by atoms with Crippen LogP contribution in [0.1, 0.15) is 48.0 Å². The van der Waals surface area contributed by atoms with Crippen LogP contribution in [0.5, 0.6) is 5.75 Å². The number of nitrogens with zero attached hydrogens (tertiary/aromatic N) is 5. The molecule has 3 aromatic carbocycles. The number of nitrogens with one attached hydrogen (secondary N) is 4. The SMILES string of the molecule is COc1cc2ncnc(Nc3ccc(F)c(Cl)c3)c2cc1NC(=O)/C=C/CN1CCN(C(=O)CCCCNc2cccc3c2CN(C2CCC(=O)NC2=O)C3=O)CC1. The van der Waals surface area contributed by atoms with Gasteiger partial charge in [0.1, 0.15) is 29.8 Å². The Morgan fingerprint density at radius 2 is 1.86 bits per heavy atom. The van der Waals surface area contributed by atoms with E-state index in [9.17, 15) is 28.4 Å². The molecule has 0 saturated carbocycles. The van der Waals surface area contributed by atoms with Gasteiger partial charge in [-0.2, -0.15) is 0 Å². The van der Waals surface area contributed by atoms with Gasteiger partial charge in [-0.05, 0) is 55.7 Å². The first-order chi connectivity index (χ1) is 28.1. The molecule has 0 radical (unpaired) electrons. The number of aromatic nitrogens is 2. The second-order valence-corrected chi connectivity index (χ2v) is 14.6. The number of halogens is 2. The molecule has 4 aromatic rings. The molecule has 5 amide bonds. The summed E-state index contributed by atoms with van der Waals surface area (Å²) < 4.78 is 19.2. The molecule has 302 valence electrons. The van der Waals surface area contributed by atoms with E-state index >= 15 is 0 Å². The Labute approximate surface area is 338 Å². The van der Waals surface area contributed by atoms with Crippen LogP contribution in [-0.4, -0.2) is 107 Å². The van der Waals surface area contributed by atoms with Crippen molar-refractivity contribution < 1.29 is 33.1 Å². The lowest BCUT2D eigenvalue weighted by molar-refractivity contribution is -0.137. The second-order valence-electron chi connectivity index (χ2n) is 14.2. The molecule has 7 rings (SSSR count). The number of anilines is 4. The molecule has 1 aromatic heterocycles. The van der Waals surface area contributed by atoms with Gasteiger partial charge >= 0.3 is 0 Å². The molecule has 3 aliphatic rings. The zero-order valence-corrected chi connectivity index (χ0v) is 32.6. The Morgan fingerprint density at radius 3 is 2.64 bits per heavy atom. The van der Waals surface area contributed by atoms with Crippen molar-refractivity contribution in [3.8, 4) is 5.75 Å². The normalized spacial score (nSPS) is 17.1. The van der Waals surface area contributed by atoms with E-state index in [2.05, 4.69) is 36.1 Å². The number of piperidine rings is 1. The van der Waals surface area contributed by atoms with E-state index in [0.29, 0.717) is 104 Å². The molecule has 2 fully saturated rings. The first-order valence-corrected chi connectivity index (χ1v) is 19.5. The molecule has 58 heavy (non-hydrogen) atoms. The number of carbonyl (C=O) groups excluding carboxylic acids is 5. The Kier molecular flexibility index (Phi) is 12.4. The summed E-state index contributed by atoms with van der Waals surface area (Å²) in [6, 6.07) is 12.5. The minimum atomic E-state index is -0.665. The number of piperazine rings is 1. The quantitative estimate of drug-likeness (QED) is 0.0777. The van der Waals surface area contributed by atoms with Gasteiger partial charge in [0.25, 0.3) is 5.91 Å². The van der Waals surface area contributed by atoms with Gasteiger partial charge in [0, 0.05) is 98.7 Å². The minimum absolute atomic E-state index is 0.0322. The monoisotopic (exact) mass is 811 g/mol. The summed E-state index contributed by atoms with van der Waals surface area (Å²) in [5, 5.41) is 12.3. The van der Waals surface area contributed by atoms with E-state index in [1.807, 2.05) is 17.0 Å². The summed E-state index contributed by atoms with van der Waals surface area (Å²) >= 11 is 5.95. The van der Waals surface area contributed by atoms with Crippen molar-refractivity contribution >= 4 is 74.9 Å². The van der Waals surface area contributed by atoms with E-state index in [1.165, 1.54) is 42.6 Å². The first kappa shape index (κ1) is 40.1. The van der Waals surface area contributed by atoms with Crippen molar-refractivity contribution in [3.63, 3.8) is 0 Å². The summed E-state index contributed by atoms with van der Waals surface area (Å²) in [6.07, 6.45) is 7.05. The van der Waals surface area contributed by atoms with Gasteiger partial charge in [0.05, 0.1) is 23.3 Å². The molecule has 0 bridgehead atoms. The van der Waals surface area contributed by atoms with Crippen LogP contribution in [0.4, 0.5) is 27.3 Å². The van der Waals surface area contributed by atoms with Crippen LogP contribution in [0.25, 0.3) is 10.9 Å². The lowest BCUT2D eigenvalue weighted by atomic mass is 10.0. The third-order valence-corrected chi connectivity index (χ3v) is 10.8. The third-order valence-electron chi connectivity index (χ3n) is 10.5. The predicted octanol–water partition coefficient (Wildman–Crippen LogP) is 4.86. The standard InChI is InChI=1S/C41H43ClFN9O6/c1-58-35-22-32-27(39(46-24-45-32)47-25-10-11-30(43)29(42)20-25)21-33(35)48-36(53)8-5-15-50-16-18-51(19-17-50)38(55)9-2-3-14-44-31-7-4-6-26-28(31)23-52(41(26)57)34-12-13-37(54)49-40(34)56/h4-8,10-11,20-22,24,34,44H,2-3,9,12-19,23H2,1H3,(H,48,53)(H,45,46,47)(H,49,54,56)/b8-5+. The molecule has 0 aliphatic carbocycles. The molecule has 3 aliphatic heterocycles. The van der Waals surface area contributed by atoms with Crippen molar-refractivity contribution in [1.29, 1.82) is 0 Å². The highest BCUT2D eigenvalue weighted by molar-refractivity contribution is 6.31. The largest absolute Gasteiger partial charge is 0.494 e. The van der Waals surface area contributed by atoms with Gasteiger partial charge in [0.15, 0.2) is 0 Å². The average Bonchev–Trinajstić information content (AvgIpc) is 3.55. The minimum Gasteiger partial charge on any atom is -0.494 e. The molecule has 0 spiro atoms. The molecular formula is C41H43ClFN9O6. The number of hydrogen-bond acceptors (Lipinski definition) is 11. The molecule has 1 atom stereocenters. The molecular weight excluding hydrogens is 769 g/mol. The third kappa shape index (κ3) is 9.19. The Bertz CT molecular complexity index is 2280. The van der Waals surface area contributed by atoms with E-state index in [0.717, 1.165) is 17.7 Å². The number of ether oxygens (including phenoxy) is 1. The molecule has 4 N–H and O–H groups in total. The number of rotatable bonds is 14. The van der Waals surface area contributed by atoms with Gasteiger partial charge in [0.2, 0.25) is 23.6 Å². The number of hydrogen-bond donors (Lipinski definition) is 4. The van der Waals surface area contributed by atoms with Crippen LogP contribution in [-0.2, 0) is 25.7 Å². The van der Waals surface area contributed by atoms with Crippen LogP contribution in [0.3, 0.4) is 0 Å². The lowest BCUT2D eigenvalue weighted by Crippen LogP contribution is -2.52. The van der Waals surface area contributed by atoms with Gasteiger partial charge < -0.3 is 30.5 Å². The Hall–Kier alpha value is -6.13. The van der Waals surface area contributed by atoms with Crippen LogP contribution < -0.4 is 26.0 Å². The number of methoxy groups -OCH3 is 1. The Morgan fingerprint density at radius 1 is 1.03 bits per heavy atom. The van der Waals surface area contributed by atoms with E-state index in [4.69, 9.17) is 16.3 Å². The summed E-state index contributed by atoms with van der Waals surface area (Å²) in [4.78, 5) is 77.3. The van der Waals surface area contributed by atoms with Crippen LogP contribution in [0.2, 0.25) is 5.02 Å². The maximum Gasteiger partial charge on any atom is 0.255 e. The number of imide groups is 1. The zero-order valence-electron chi connectivity index (χ0n) is 31.9. The molecule has 2 saturated heterocycles. The zero-order chi connectivity index (χ0) is 40.8. The van der Waals surface area contributed by atoms with E-state index < -0.39 is 17.8 Å². The first-order valence-electron chi connectivity index (χ1n) is 19.1. The fraction of sp³-hybridized carbons (Fsp3) is 0.341. The average molecular weight is 812 g/mol. The fourth-order valence-electron chi connectivity index (χ4n) is 7.36. The van der Waals surface area contributed by atoms with E-state index in [1.54, 1.807) is 24.3 Å². The van der Waals surface area contributed by atoms with E-state index in [-0.39, 0.29) is 35.1 Å².